The lowest BCUT2D eigenvalue weighted by molar-refractivity contribution is -0.133. The van der Waals surface area contributed by atoms with Gasteiger partial charge in [0.2, 0.25) is 5.95 Å². The Kier molecular flexibility index (Phi) is 6.25. The average molecular weight is 386 g/mol. The third-order valence-electron chi connectivity index (χ3n) is 4.40. The second kappa shape index (κ2) is 9.03. The molecule has 0 aliphatic carbocycles. The molecule has 0 saturated carbocycles. The van der Waals surface area contributed by atoms with E-state index in [2.05, 4.69) is 14.7 Å². The third-order valence-corrected chi connectivity index (χ3v) is 4.40. The van der Waals surface area contributed by atoms with Crippen molar-refractivity contribution in [1.29, 1.82) is 0 Å². The van der Waals surface area contributed by atoms with Crippen molar-refractivity contribution < 1.29 is 23.8 Å². The zero-order chi connectivity index (χ0) is 19.9. The van der Waals surface area contributed by atoms with Crippen LogP contribution in [0.15, 0.2) is 36.7 Å². The monoisotopic (exact) mass is 386 g/mol. The molecule has 9 nitrogen and oxygen atoms in total. The number of anilines is 1. The van der Waals surface area contributed by atoms with Crippen LogP contribution in [0.3, 0.4) is 0 Å². The van der Waals surface area contributed by atoms with Gasteiger partial charge in [0.25, 0.3) is 5.91 Å². The van der Waals surface area contributed by atoms with Gasteiger partial charge in [-0.15, -0.1) is 0 Å². The van der Waals surface area contributed by atoms with Crippen molar-refractivity contribution in [2.45, 2.75) is 0 Å². The molecule has 2 aromatic rings. The Morgan fingerprint density at radius 3 is 2.39 bits per heavy atom. The summed E-state index contributed by atoms with van der Waals surface area (Å²) in [6.07, 6.45) is 3.40. The lowest BCUT2D eigenvalue weighted by Crippen LogP contribution is -2.50. The van der Waals surface area contributed by atoms with Gasteiger partial charge in [-0.2, -0.15) is 0 Å². The number of esters is 1. The number of hydrogen-bond donors (Lipinski definition) is 0. The number of benzene rings is 1. The second-order valence-electron chi connectivity index (χ2n) is 6.06. The predicted octanol–water partition coefficient (Wildman–Crippen LogP) is 0.999. The van der Waals surface area contributed by atoms with Gasteiger partial charge in [0.15, 0.2) is 18.1 Å². The van der Waals surface area contributed by atoms with E-state index in [-0.39, 0.29) is 12.5 Å². The summed E-state index contributed by atoms with van der Waals surface area (Å²) < 4.78 is 15.5. The standard InChI is InChI=1S/C19H22N4O5/c1-26-16-12-14(18(25)27-2)4-5-15(16)28-13-17(24)22-8-10-23(11-9-22)19-20-6-3-7-21-19/h3-7,12H,8-11,13H2,1-2H3. The quantitative estimate of drug-likeness (QED) is 0.679. The van der Waals surface area contributed by atoms with Crippen LogP contribution in [0.4, 0.5) is 5.95 Å². The molecule has 0 unspecified atom stereocenters. The molecule has 1 amide bonds. The number of carbonyl (C=O) groups is 2. The fourth-order valence-corrected chi connectivity index (χ4v) is 2.87. The van der Waals surface area contributed by atoms with Crippen LogP contribution in [0, 0.1) is 0 Å². The van der Waals surface area contributed by atoms with E-state index in [1.165, 1.54) is 20.3 Å². The summed E-state index contributed by atoms with van der Waals surface area (Å²) >= 11 is 0. The molecule has 0 bridgehead atoms. The highest BCUT2D eigenvalue weighted by Crippen LogP contribution is 2.28. The number of aromatic nitrogens is 2. The maximum atomic E-state index is 12.5. The molecule has 1 fully saturated rings. The number of methoxy groups -OCH3 is 2. The summed E-state index contributed by atoms with van der Waals surface area (Å²) in [4.78, 5) is 36.3. The molecule has 9 heteroatoms. The van der Waals surface area contributed by atoms with E-state index in [0.29, 0.717) is 49.2 Å². The number of nitrogens with zero attached hydrogens (tertiary/aromatic N) is 4. The second-order valence-corrected chi connectivity index (χ2v) is 6.06. The summed E-state index contributed by atoms with van der Waals surface area (Å²) in [5.74, 6) is 0.830. The molecule has 0 atom stereocenters. The SMILES string of the molecule is COC(=O)c1ccc(OCC(=O)N2CCN(c3ncccn3)CC2)c(OC)c1. The molecular weight excluding hydrogens is 364 g/mol. The molecule has 0 spiro atoms. The Balaban J connectivity index is 1.54. The van der Waals surface area contributed by atoms with Crippen LogP contribution in [0.1, 0.15) is 10.4 Å². The zero-order valence-corrected chi connectivity index (χ0v) is 15.8. The molecule has 0 N–H and O–H groups in total. The van der Waals surface area contributed by atoms with E-state index in [0.717, 1.165) is 0 Å². The van der Waals surface area contributed by atoms with Crippen molar-refractivity contribution in [3.05, 3.63) is 42.2 Å². The Labute approximate surface area is 162 Å². The van der Waals surface area contributed by atoms with Crippen LogP contribution in [0.25, 0.3) is 0 Å². The summed E-state index contributed by atoms with van der Waals surface area (Å²) in [5.41, 5.74) is 0.345. The first-order valence-corrected chi connectivity index (χ1v) is 8.81. The maximum Gasteiger partial charge on any atom is 0.337 e. The van der Waals surface area contributed by atoms with Crippen molar-refractivity contribution in [2.75, 3.05) is 51.9 Å². The smallest absolute Gasteiger partial charge is 0.337 e. The number of ether oxygens (including phenoxy) is 3. The van der Waals surface area contributed by atoms with Gasteiger partial charge in [0.05, 0.1) is 19.8 Å². The van der Waals surface area contributed by atoms with Crippen LogP contribution in [0.5, 0.6) is 11.5 Å². The van der Waals surface area contributed by atoms with Crippen molar-refractivity contribution in [2.24, 2.45) is 0 Å². The fraction of sp³-hybridized carbons (Fsp3) is 0.368. The van der Waals surface area contributed by atoms with E-state index < -0.39 is 5.97 Å². The summed E-state index contributed by atoms with van der Waals surface area (Å²) in [6.45, 7) is 2.34. The van der Waals surface area contributed by atoms with Gasteiger partial charge >= 0.3 is 5.97 Å². The van der Waals surface area contributed by atoms with Crippen molar-refractivity contribution in [3.8, 4) is 11.5 Å². The van der Waals surface area contributed by atoms with Gasteiger partial charge in [-0.05, 0) is 24.3 Å². The third kappa shape index (κ3) is 4.48. The van der Waals surface area contributed by atoms with Gasteiger partial charge in [-0.3, -0.25) is 4.79 Å². The minimum absolute atomic E-state index is 0.115. The first-order chi connectivity index (χ1) is 13.6. The summed E-state index contributed by atoms with van der Waals surface area (Å²) in [6, 6.07) is 6.44. The van der Waals surface area contributed by atoms with Gasteiger partial charge in [-0.25, -0.2) is 14.8 Å². The highest BCUT2D eigenvalue weighted by molar-refractivity contribution is 5.90. The zero-order valence-electron chi connectivity index (χ0n) is 15.8. The maximum absolute atomic E-state index is 12.5. The van der Waals surface area contributed by atoms with E-state index in [9.17, 15) is 9.59 Å². The molecule has 1 aliphatic rings. The highest BCUT2D eigenvalue weighted by atomic mass is 16.5. The normalized spacial score (nSPS) is 13.8. The van der Waals surface area contributed by atoms with Crippen molar-refractivity contribution in [1.82, 2.24) is 14.9 Å². The largest absolute Gasteiger partial charge is 0.493 e. The molecule has 1 aromatic carbocycles. The number of carbonyl (C=O) groups excluding carboxylic acids is 2. The molecule has 148 valence electrons. The number of amides is 1. The van der Waals surface area contributed by atoms with Crippen molar-refractivity contribution >= 4 is 17.8 Å². The molecule has 1 saturated heterocycles. The minimum atomic E-state index is -0.471. The summed E-state index contributed by atoms with van der Waals surface area (Å²) in [5, 5.41) is 0. The molecule has 0 radical (unpaired) electrons. The van der Waals surface area contributed by atoms with Crippen LogP contribution in [0.2, 0.25) is 0 Å². The molecule has 2 heterocycles. The van der Waals surface area contributed by atoms with Gasteiger partial charge < -0.3 is 24.0 Å². The van der Waals surface area contributed by atoms with E-state index in [4.69, 9.17) is 9.47 Å². The molecule has 1 aliphatic heterocycles. The highest BCUT2D eigenvalue weighted by Gasteiger charge is 2.23. The first kappa shape index (κ1) is 19.4. The van der Waals surface area contributed by atoms with E-state index in [1.54, 1.807) is 35.5 Å². The average Bonchev–Trinajstić information content (AvgIpc) is 2.77. The Morgan fingerprint density at radius 2 is 1.75 bits per heavy atom. The van der Waals surface area contributed by atoms with Gasteiger partial charge in [-0.1, -0.05) is 0 Å². The Bertz CT molecular complexity index is 822. The van der Waals surface area contributed by atoms with E-state index in [1.807, 2.05) is 4.90 Å². The topological polar surface area (TPSA) is 94.1 Å². The minimum Gasteiger partial charge on any atom is -0.493 e. The van der Waals surface area contributed by atoms with Gasteiger partial charge in [0.1, 0.15) is 0 Å². The Hall–Kier alpha value is -3.36. The van der Waals surface area contributed by atoms with Crippen LogP contribution in [-0.4, -0.2) is 73.7 Å². The molecule has 28 heavy (non-hydrogen) atoms. The van der Waals surface area contributed by atoms with Crippen LogP contribution < -0.4 is 14.4 Å². The number of hydrogen-bond acceptors (Lipinski definition) is 8. The predicted molar refractivity (Wildman–Crippen MR) is 101 cm³/mol. The summed E-state index contributed by atoms with van der Waals surface area (Å²) in [7, 11) is 2.78. The first-order valence-electron chi connectivity index (χ1n) is 8.81. The van der Waals surface area contributed by atoms with Gasteiger partial charge in [0, 0.05) is 38.6 Å². The fourth-order valence-electron chi connectivity index (χ4n) is 2.87. The number of piperazine rings is 1. The van der Waals surface area contributed by atoms with E-state index >= 15 is 0 Å². The Morgan fingerprint density at radius 1 is 1.04 bits per heavy atom. The number of rotatable bonds is 6. The lowest BCUT2D eigenvalue weighted by Gasteiger charge is -2.34. The molecule has 3 rings (SSSR count). The lowest BCUT2D eigenvalue weighted by atomic mass is 10.2. The van der Waals surface area contributed by atoms with Crippen LogP contribution >= 0.6 is 0 Å². The molecule has 1 aromatic heterocycles. The van der Waals surface area contributed by atoms with Crippen LogP contribution in [-0.2, 0) is 9.53 Å². The molecular formula is C19H22N4O5. The van der Waals surface area contributed by atoms with Crippen molar-refractivity contribution in [3.63, 3.8) is 0 Å².